The summed E-state index contributed by atoms with van der Waals surface area (Å²) >= 11 is 0. The van der Waals surface area contributed by atoms with Crippen molar-refractivity contribution in [2.45, 2.75) is 31.9 Å². The number of carbonyl (C=O) groups excluding carboxylic acids is 2. The Morgan fingerprint density at radius 1 is 0.871 bits per heavy atom. The van der Waals surface area contributed by atoms with Crippen LogP contribution in [0, 0.1) is 0 Å². The summed E-state index contributed by atoms with van der Waals surface area (Å²) in [6, 6.07) is 23.7. The Hall–Kier alpha value is -3.38. The molecule has 0 aliphatic carbocycles. The summed E-state index contributed by atoms with van der Waals surface area (Å²) in [5, 5.41) is 8.35. The molecule has 31 heavy (non-hydrogen) atoms. The molecule has 162 valence electrons. The Morgan fingerprint density at radius 2 is 1.61 bits per heavy atom. The lowest BCUT2D eigenvalue weighted by Gasteiger charge is -2.16. The number of fused-ring (bicyclic) bond motifs is 1. The lowest BCUT2D eigenvalue weighted by molar-refractivity contribution is -0.120. The Bertz CT molecular complexity index is 991. The summed E-state index contributed by atoms with van der Waals surface area (Å²) in [6.07, 6.45) is 1.51. The largest absolute Gasteiger partial charge is 0.445 e. The van der Waals surface area contributed by atoms with Gasteiger partial charge in [0.1, 0.15) is 6.61 Å². The lowest BCUT2D eigenvalue weighted by Crippen LogP contribution is -2.42. The van der Waals surface area contributed by atoms with Crippen molar-refractivity contribution in [1.82, 2.24) is 10.6 Å². The molecular weight excluding hydrogens is 390 g/mol. The molecule has 6 nitrogen and oxygen atoms in total. The fourth-order valence-electron chi connectivity index (χ4n) is 3.40. The molecule has 1 atom stereocenters. The van der Waals surface area contributed by atoms with E-state index >= 15 is 0 Å². The highest BCUT2D eigenvalue weighted by atomic mass is 16.5. The molecule has 0 spiro atoms. The monoisotopic (exact) mass is 419 g/mol. The van der Waals surface area contributed by atoms with Crippen molar-refractivity contribution in [3.8, 4) is 0 Å². The first-order valence-corrected chi connectivity index (χ1v) is 10.6. The number of nitrogens with one attached hydrogen (secondary N) is 2. The molecule has 0 aliphatic rings. The summed E-state index contributed by atoms with van der Waals surface area (Å²) in [4.78, 5) is 23.5. The van der Waals surface area contributed by atoms with Crippen molar-refractivity contribution in [2.75, 3.05) is 13.1 Å². The molecule has 0 saturated carbocycles. The third kappa shape index (κ3) is 7.42. The first-order chi connectivity index (χ1) is 15.1. The van der Waals surface area contributed by atoms with Crippen molar-refractivity contribution in [2.24, 2.45) is 5.73 Å². The number of ether oxygens (including phenoxy) is 1. The van der Waals surface area contributed by atoms with Crippen molar-refractivity contribution >= 4 is 22.8 Å². The summed E-state index contributed by atoms with van der Waals surface area (Å²) in [7, 11) is 0. The minimum absolute atomic E-state index is 0.229. The van der Waals surface area contributed by atoms with E-state index < -0.39 is 12.1 Å². The van der Waals surface area contributed by atoms with E-state index in [2.05, 4.69) is 41.0 Å². The van der Waals surface area contributed by atoms with Gasteiger partial charge in [-0.25, -0.2) is 4.79 Å². The molecule has 0 aliphatic heterocycles. The van der Waals surface area contributed by atoms with Gasteiger partial charge in [-0.1, -0.05) is 72.8 Å². The molecular formula is C25H29N3O3. The zero-order chi connectivity index (χ0) is 21.9. The molecule has 0 unspecified atom stereocenters. The van der Waals surface area contributed by atoms with Gasteiger partial charge in [-0.3, -0.25) is 4.79 Å². The van der Waals surface area contributed by atoms with Crippen LogP contribution < -0.4 is 16.4 Å². The number of rotatable bonds is 11. The van der Waals surface area contributed by atoms with Crippen LogP contribution in [0.3, 0.4) is 0 Å². The lowest BCUT2D eigenvalue weighted by atomic mass is 10.0. The molecule has 3 rings (SSSR count). The van der Waals surface area contributed by atoms with Gasteiger partial charge >= 0.3 is 6.09 Å². The Kier molecular flexibility index (Phi) is 8.43. The minimum Gasteiger partial charge on any atom is -0.445 e. The predicted octanol–water partition coefficient (Wildman–Crippen LogP) is 3.53. The molecule has 2 amide bonds. The highest BCUT2D eigenvalue weighted by molar-refractivity contribution is 5.83. The molecule has 0 radical (unpaired) electrons. The summed E-state index contributed by atoms with van der Waals surface area (Å²) in [5.41, 5.74) is 7.67. The molecule has 3 aromatic carbocycles. The van der Waals surface area contributed by atoms with Gasteiger partial charge in [0.05, 0.1) is 6.04 Å². The Balaban J connectivity index is 1.34. The van der Waals surface area contributed by atoms with Gasteiger partial charge in [0.15, 0.2) is 0 Å². The van der Waals surface area contributed by atoms with E-state index in [-0.39, 0.29) is 12.5 Å². The highest BCUT2D eigenvalue weighted by Crippen LogP contribution is 2.15. The number of hydrogen-bond donors (Lipinski definition) is 3. The average Bonchev–Trinajstić information content (AvgIpc) is 2.79. The van der Waals surface area contributed by atoms with Gasteiger partial charge in [0.2, 0.25) is 5.91 Å². The second kappa shape index (κ2) is 11.7. The molecule has 0 bridgehead atoms. The number of primary amides is 1. The molecule has 3 aromatic rings. The molecule has 0 aromatic heterocycles. The maximum atomic E-state index is 11.8. The average molecular weight is 420 g/mol. The zero-order valence-electron chi connectivity index (χ0n) is 17.6. The fraction of sp³-hybridized carbons (Fsp3) is 0.280. The van der Waals surface area contributed by atoms with Crippen LogP contribution in [0.2, 0.25) is 0 Å². The predicted molar refractivity (Wildman–Crippen MR) is 123 cm³/mol. The van der Waals surface area contributed by atoms with Crippen molar-refractivity contribution in [1.29, 1.82) is 0 Å². The third-order valence-electron chi connectivity index (χ3n) is 5.11. The van der Waals surface area contributed by atoms with Crippen LogP contribution in [0.1, 0.15) is 24.0 Å². The topological polar surface area (TPSA) is 93.5 Å². The van der Waals surface area contributed by atoms with Crippen LogP contribution >= 0.6 is 0 Å². The number of benzene rings is 3. The zero-order valence-corrected chi connectivity index (χ0v) is 17.6. The van der Waals surface area contributed by atoms with Crippen LogP contribution in [0.25, 0.3) is 10.8 Å². The fourth-order valence-corrected chi connectivity index (χ4v) is 3.40. The van der Waals surface area contributed by atoms with Crippen LogP contribution in [-0.2, 0) is 22.6 Å². The van der Waals surface area contributed by atoms with Gasteiger partial charge < -0.3 is 21.1 Å². The summed E-state index contributed by atoms with van der Waals surface area (Å²) in [6.45, 7) is 1.30. The maximum Gasteiger partial charge on any atom is 0.407 e. The van der Waals surface area contributed by atoms with Crippen LogP contribution in [0.4, 0.5) is 4.79 Å². The molecule has 4 N–H and O–H groups in total. The van der Waals surface area contributed by atoms with Crippen LogP contribution in [0.5, 0.6) is 0 Å². The van der Waals surface area contributed by atoms with Gasteiger partial charge in [-0.05, 0) is 47.7 Å². The number of carbonyl (C=O) groups is 2. The molecule has 0 heterocycles. The third-order valence-corrected chi connectivity index (χ3v) is 5.11. The van der Waals surface area contributed by atoms with Crippen LogP contribution in [-0.4, -0.2) is 31.1 Å². The van der Waals surface area contributed by atoms with E-state index in [1.165, 1.54) is 16.3 Å². The molecule has 0 saturated heterocycles. The molecule has 0 fully saturated rings. The Labute approximate surface area is 182 Å². The van der Waals surface area contributed by atoms with E-state index in [9.17, 15) is 9.59 Å². The van der Waals surface area contributed by atoms with Gasteiger partial charge in [-0.2, -0.15) is 0 Å². The van der Waals surface area contributed by atoms with Crippen molar-refractivity contribution in [3.05, 3.63) is 83.9 Å². The van der Waals surface area contributed by atoms with Crippen molar-refractivity contribution < 1.29 is 14.3 Å². The van der Waals surface area contributed by atoms with E-state index in [1.807, 2.05) is 42.5 Å². The van der Waals surface area contributed by atoms with E-state index in [4.69, 9.17) is 10.5 Å². The van der Waals surface area contributed by atoms with E-state index in [1.54, 1.807) is 0 Å². The SMILES string of the molecule is NC(=O)[C@@H](CCCNC(=O)OCc1ccccc1)NCCc1ccc2ccccc2c1. The number of alkyl carbamates (subject to hydrolysis) is 1. The second-order valence-electron chi connectivity index (χ2n) is 7.47. The smallest absolute Gasteiger partial charge is 0.407 e. The summed E-state index contributed by atoms with van der Waals surface area (Å²) in [5.74, 6) is -0.384. The highest BCUT2D eigenvalue weighted by Gasteiger charge is 2.14. The van der Waals surface area contributed by atoms with Crippen LogP contribution in [0.15, 0.2) is 72.8 Å². The second-order valence-corrected chi connectivity index (χ2v) is 7.47. The van der Waals surface area contributed by atoms with Crippen molar-refractivity contribution in [3.63, 3.8) is 0 Å². The number of amides is 2. The normalized spacial score (nSPS) is 11.7. The Morgan fingerprint density at radius 3 is 2.39 bits per heavy atom. The van der Waals surface area contributed by atoms with Gasteiger partial charge in [0, 0.05) is 6.54 Å². The van der Waals surface area contributed by atoms with Gasteiger partial charge in [0.25, 0.3) is 0 Å². The number of hydrogen-bond acceptors (Lipinski definition) is 4. The minimum atomic E-state index is -0.469. The first kappa shape index (κ1) is 22.3. The quantitative estimate of drug-likeness (QED) is 0.415. The van der Waals surface area contributed by atoms with E-state index in [0.29, 0.717) is 25.9 Å². The number of nitrogens with two attached hydrogens (primary N) is 1. The first-order valence-electron chi connectivity index (χ1n) is 10.6. The maximum absolute atomic E-state index is 11.8. The summed E-state index contributed by atoms with van der Waals surface area (Å²) < 4.78 is 5.17. The van der Waals surface area contributed by atoms with E-state index in [0.717, 1.165) is 12.0 Å². The molecule has 6 heteroatoms. The standard InChI is InChI=1S/C25H29N3O3/c26-24(29)23(11-6-15-28-25(30)31-18-20-7-2-1-3-8-20)27-16-14-19-12-13-21-9-4-5-10-22(21)17-19/h1-5,7-10,12-13,17,23,27H,6,11,14-16,18H2,(H2,26,29)(H,28,30)/t23-/m1/s1. The van der Waals surface area contributed by atoms with Gasteiger partial charge in [-0.15, -0.1) is 0 Å².